The Kier molecular flexibility index (Phi) is 8.43. The van der Waals surface area contributed by atoms with Gasteiger partial charge in [0.1, 0.15) is 28.7 Å². The summed E-state index contributed by atoms with van der Waals surface area (Å²) in [5, 5.41) is 13.2. The van der Waals surface area contributed by atoms with Gasteiger partial charge >= 0.3 is 5.97 Å². The molecule has 1 unspecified atom stereocenters. The third kappa shape index (κ3) is 6.33. The van der Waals surface area contributed by atoms with Crippen LogP contribution >= 0.6 is 23.2 Å². The molecule has 204 valence electrons. The number of aliphatic carboxylic acids is 1. The topological polar surface area (TPSA) is 94.1 Å². The predicted molar refractivity (Wildman–Crippen MR) is 152 cm³/mol. The molecule has 0 saturated carbocycles. The van der Waals surface area contributed by atoms with Crippen LogP contribution in [0.2, 0.25) is 10.0 Å². The number of hydrogen-bond donors (Lipinski definition) is 2. The SMILES string of the molecule is O=C(NCCc1ccccc1Oc1ccccc1Cl)c1ccc(Oc2cc3c(cc2Cl)C(C(=O)O)CCO3)cc1. The van der Waals surface area contributed by atoms with Crippen LogP contribution in [0.5, 0.6) is 28.7 Å². The highest BCUT2D eigenvalue weighted by Gasteiger charge is 2.29. The first kappa shape index (κ1) is 27.4. The van der Waals surface area contributed by atoms with Gasteiger partial charge in [0.05, 0.1) is 22.6 Å². The fraction of sp³-hybridized carbons (Fsp3) is 0.161. The van der Waals surface area contributed by atoms with Gasteiger partial charge in [0.25, 0.3) is 5.91 Å². The van der Waals surface area contributed by atoms with Crippen molar-refractivity contribution in [3.05, 3.63) is 112 Å². The van der Waals surface area contributed by atoms with Crippen molar-refractivity contribution < 1.29 is 28.9 Å². The summed E-state index contributed by atoms with van der Waals surface area (Å²) < 4.78 is 17.5. The summed E-state index contributed by atoms with van der Waals surface area (Å²) in [5.74, 6) is 0.668. The van der Waals surface area contributed by atoms with Gasteiger partial charge in [0.15, 0.2) is 0 Å². The van der Waals surface area contributed by atoms with Crippen LogP contribution in [0.15, 0.2) is 84.9 Å². The second kappa shape index (κ2) is 12.3. The minimum absolute atomic E-state index is 0.226. The lowest BCUT2D eigenvalue weighted by atomic mass is 9.93. The zero-order valence-electron chi connectivity index (χ0n) is 21.2. The maximum absolute atomic E-state index is 12.7. The fourth-order valence-electron chi connectivity index (χ4n) is 4.39. The quantitative estimate of drug-likeness (QED) is 0.214. The molecule has 2 N–H and O–H groups in total. The van der Waals surface area contributed by atoms with Crippen LogP contribution in [-0.2, 0) is 11.2 Å². The number of nitrogens with one attached hydrogen (secondary N) is 1. The molecule has 1 aliphatic heterocycles. The number of halogens is 2. The average molecular weight is 578 g/mol. The summed E-state index contributed by atoms with van der Waals surface area (Å²) in [6.45, 7) is 0.705. The van der Waals surface area contributed by atoms with Crippen LogP contribution in [-0.4, -0.2) is 30.1 Å². The van der Waals surface area contributed by atoms with Gasteiger partial charge < -0.3 is 24.6 Å². The molecule has 9 heteroatoms. The van der Waals surface area contributed by atoms with Gasteiger partial charge in [-0.3, -0.25) is 9.59 Å². The first-order chi connectivity index (χ1) is 19.4. The highest BCUT2D eigenvalue weighted by Crippen LogP contribution is 2.42. The Balaban J connectivity index is 1.19. The number of hydrogen-bond acceptors (Lipinski definition) is 5. The molecule has 0 aliphatic carbocycles. The van der Waals surface area contributed by atoms with E-state index in [1.54, 1.807) is 48.5 Å². The zero-order valence-corrected chi connectivity index (χ0v) is 22.7. The normalized spacial score (nSPS) is 14.0. The number of amides is 1. The number of rotatable bonds is 9. The van der Waals surface area contributed by atoms with Crippen molar-refractivity contribution >= 4 is 35.1 Å². The molecule has 7 nitrogen and oxygen atoms in total. The van der Waals surface area contributed by atoms with Crippen LogP contribution in [0.1, 0.15) is 33.8 Å². The van der Waals surface area contributed by atoms with Crippen molar-refractivity contribution in [1.82, 2.24) is 5.32 Å². The summed E-state index contributed by atoms with van der Waals surface area (Å²) in [5.41, 5.74) is 1.94. The first-order valence-corrected chi connectivity index (χ1v) is 13.4. The van der Waals surface area contributed by atoms with Gasteiger partial charge in [-0.05, 0) is 66.9 Å². The second-order valence-corrected chi connectivity index (χ2v) is 9.94. The fourth-order valence-corrected chi connectivity index (χ4v) is 4.78. The van der Waals surface area contributed by atoms with Gasteiger partial charge in [0.2, 0.25) is 0 Å². The van der Waals surface area contributed by atoms with E-state index in [2.05, 4.69) is 5.32 Å². The second-order valence-electron chi connectivity index (χ2n) is 9.12. The number of ether oxygens (including phenoxy) is 3. The molecule has 0 radical (unpaired) electrons. The molecular weight excluding hydrogens is 553 g/mol. The van der Waals surface area contributed by atoms with E-state index in [0.29, 0.717) is 70.9 Å². The highest BCUT2D eigenvalue weighted by molar-refractivity contribution is 6.32. The molecule has 5 rings (SSSR count). The number of para-hydroxylation sites is 2. The maximum Gasteiger partial charge on any atom is 0.311 e. The zero-order chi connectivity index (χ0) is 28.1. The minimum atomic E-state index is -0.919. The van der Waals surface area contributed by atoms with Crippen LogP contribution in [0.4, 0.5) is 0 Å². The molecule has 1 heterocycles. The summed E-state index contributed by atoms with van der Waals surface area (Å²) in [7, 11) is 0. The van der Waals surface area contributed by atoms with Crippen molar-refractivity contribution in [3.63, 3.8) is 0 Å². The van der Waals surface area contributed by atoms with Gasteiger partial charge in [-0.2, -0.15) is 0 Å². The summed E-state index contributed by atoms with van der Waals surface area (Å²) in [6, 6.07) is 24.7. The predicted octanol–water partition coefficient (Wildman–Crippen LogP) is 7.50. The molecule has 1 atom stereocenters. The lowest BCUT2D eigenvalue weighted by molar-refractivity contribution is -0.139. The molecule has 4 aromatic rings. The van der Waals surface area contributed by atoms with E-state index >= 15 is 0 Å². The number of carboxylic acids is 1. The Morgan fingerprint density at radius 2 is 1.60 bits per heavy atom. The molecular formula is C31H25Cl2NO6. The van der Waals surface area contributed by atoms with E-state index in [-0.39, 0.29) is 10.9 Å². The average Bonchev–Trinajstić information content (AvgIpc) is 2.95. The molecule has 1 amide bonds. The number of carbonyl (C=O) groups excluding carboxylic acids is 1. The summed E-state index contributed by atoms with van der Waals surface area (Å²) >= 11 is 12.6. The molecule has 0 spiro atoms. The summed E-state index contributed by atoms with van der Waals surface area (Å²) in [6.07, 6.45) is 0.945. The molecule has 0 bridgehead atoms. The highest BCUT2D eigenvalue weighted by atomic mass is 35.5. The van der Waals surface area contributed by atoms with Crippen molar-refractivity contribution in [3.8, 4) is 28.7 Å². The van der Waals surface area contributed by atoms with E-state index in [4.69, 9.17) is 37.4 Å². The van der Waals surface area contributed by atoms with Crippen molar-refractivity contribution in [2.45, 2.75) is 18.8 Å². The Labute approximate surface area is 241 Å². The first-order valence-electron chi connectivity index (χ1n) is 12.6. The van der Waals surface area contributed by atoms with Crippen LogP contribution in [0.25, 0.3) is 0 Å². The van der Waals surface area contributed by atoms with Gasteiger partial charge in [-0.1, -0.05) is 53.5 Å². The Morgan fingerprint density at radius 3 is 2.35 bits per heavy atom. The van der Waals surface area contributed by atoms with Gasteiger partial charge in [0, 0.05) is 23.7 Å². The maximum atomic E-state index is 12.7. The van der Waals surface area contributed by atoms with Crippen molar-refractivity contribution in [2.24, 2.45) is 0 Å². The number of carbonyl (C=O) groups is 2. The van der Waals surface area contributed by atoms with Gasteiger partial charge in [-0.25, -0.2) is 0 Å². The standard InChI is InChI=1S/C31H25Cl2NO6/c32-24-6-2-4-8-27(24)40-26-7-3-1-5-19(26)13-15-34-30(35)20-9-11-21(12-10-20)39-29-18-28-23(17-25(29)33)22(31(36)37)14-16-38-28/h1-12,17-18,22H,13-16H2,(H,34,35)(H,36,37). The monoisotopic (exact) mass is 577 g/mol. The van der Waals surface area contributed by atoms with E-state index in [1.165, 1.54) is 0 Å². The van der Waals surface area contributed by atoms with E-state index in [9.17, 15) is 14.7 Å². The number of benzene rings is 4. The van der Waals surface area contributed by atoms with E-state index < -0.39 is 11.9 Å². The third-order valence-corrected chi connectivity index (χ3v) is 7.06. The Morgan fingerprint density at radius 1 is 0.875 bits per heavy atom. The van der Waals surface area contributed by atoms with Gasteiger partial charge in [-0.15, -0.1) is 0 Å². The molecule has 1 aliphatic rings. The lowest BCUT2D eigenvalue weighted by Gasteiger charge is -2.24. The van der Waals surface area contributed by atoms with E-state index in [1.807, 2.05) is 36.4 Å². The molecule has 0 saturated heterocycles. The summed E-state index contributed by atoms with van der Waals surface area (Å²) in [4.78, 5) is 24.3. The molecule has 0 aromatic heterocycles. The minimum Gasteiger partial charge on any atom is -0.493 e. The van der Waals surface area contributed by atoms with E-state index in [0.717, 1.165) is 5.56 Å². The smallest absolute Gasteiger partial charge is 0.311 e. The van der Waals surface area contributed by atoms with Crippen LogP contribution < -0.4 is 19.5 Å². The Bertz CT molecular complexity index is 1540. The third-order valence-electron chi connectivity index (χ3n) is 6.46. The number of carboxylic acid groups (broad SMARTS) is 1. The lowest BCUT2D eigenvalue weighted by Crippen LogP contribution is -2.25. The van der Waals surface area contributed by atoms with Crippen molar-refractivity contribution in [1.29, 1.82) is 0 Å². The van der Waals surface area contributed by atoms with Crippen LogP contribution in [0, 0.1) is 0 Å². The molecule has 4 aromatic carbocycles. The largest absolute Gasteiger partial charge is 0.493 e. The molecule has 40 heavy (non-hydrogen) atoms. The molecule has 0 fully saturated rings. The van der Waals surface area contributed by atoms with Crippen LogP contribution in [0.3, 0.4) is 0 Å². The van der Waals surface area contributed by atoms with Crippen molar-refractivity contribution in [2.75, 3.05) is 13.2 Å². The Hall–Kier alpha value is -4.20. The number of fused-ring (bicyclic) bond motifs is 1.